The zero-order valence-electron chi connectivity index (χ0n) is 30.2. The molecule has 16 nitrogen and oxygen atoms in total. The van der Waals surface area contributed by atoms with Gasteiger partial charge in [0.2, 0.25) is 11.8 Å². The van der Waals surface area contributed by atoms with Crippen molar-refractivity contribution in [1.29, 1.82) is 0 Å². The van der Waals surface area contributed by atoms with Crippen molar-refractivity contribution in [2.45, 2.75) is 44.9 Å². The molecule has 3 aromatic heterocycles. The summed E-state index contributed by atoms with van der Waals surface area (Å²) in [5.41, 5.74) is 8.75. The first-order chi connectivity index (χ1) is 26.0. The van der Waals surface area contributed by atoms with Crippen LogP contribution in [0.25, 0.3) is 22.7 Å². The highest BCUT2D eigenvalue weighted by molar-refractivity contribution is 6.03. The SMILES string of the molecule is CC(C)C[C@H](NC(=O)[C@@H](O)[C@H](N)Cc1ccccc1)C(=O)NCCOCCOc1ccc(C(=O)Nc2ccc3oc(-c4ccc(=O)n(C)n4)nc3c2)nc1. The average molecular weight is 741 g/mol. The summed E-state index contributed by atoms with van der Waals surface area (Å²) in [5.74, 6) is -0.748. The van der Waals surface area contributed by atoms with E-state index in [1.807, 2.05) is 44.2 Å². The molecule has 6 N–H and O–H groups in total. The number of anilines is 1. The van der Waals surface area contributed by atoms with Gasteiger partial charge in [-0.15, -0.1) is 0 Å². The molecule has 5 aromatic rings. The van der Waals surface area contributed by atoms with Gasteiger partial charge in [0, 0.05) is 31.4 Å². The molecule has 0 fully saturated rings. The number of nitrogens with one attached hydrogen (secondary N) is 3. The lowest BCUT2D eigenvalue weighted by molar-refractivity contribution is -0.135. The topological polar surface area (TPSA) is 226 Å². The number of aliphatic hydroxyl groups is 1. The number of fused-ring (bicyclic) bond motifs is 1. The molecular weight excluding hydrogens is 696 g/mol. The van der Waals surface area contributed by atoms with Crippen molar-refractivity contribution in [3.63, 3.8) is 0 Å². The van der Waals surface area contributed by atoms with Gasteiger partial charge in [-0.1, -0.05) is 44.2 Å². The van der Waals surface area contributed by atoms with Crippen LogP contribution < -0.4 is 32.0 Å². The second-order valence-corrected chi connectivity index (χ2v) is 13.0. The van der Waals surface area contributed by atoms with Gasteiger partial charge < -0.3 is 40.7 Å². The zero-order chi connectivity index (χ0) is 38.6. The van der Waals surface area contributed by atoms with Gasteiger partial charge >= 0.3 is 0 Å². The molecule has 0 aliphatic rings. The highest BCUT2D eigenvalue weighted by Gasteiger charge is 2.28. The van der Waals surface area contributed by atoms with Gasteiger partial charge in [-0.05, 0) is 60.7 Å². The second-order valence-electron chi connectivity index (χ2n) is 13.0. The van der Waals surface area contributed by atoms with Crippen LogP contribution in [0.15, 0.2) is 88.2 Å². The van der Waals surface area contributed by atoms with E-state index in [-0.39, 0.29) is 55.3 Å². The molecular formula is C38H44N8O8. The lowest BCUT2D eigenvalue weighted by Crippen LogP contribution is -2.54. The number of aryl methyl sites for hydroxylation is 1. The smallest absolute Gasteiger partial charge is 0.274 e. The van der Waals surface area contributed by atoms with Crippen LogP contribution in [-0.2, 0) is 27.8 Å². The van der Waals surface area contributed by atoms with Crippen molar-refractivity contribution < 1.29 is 33.4 Å². The highest BCUT2D eigenvalue weighted by atomic mass is 16.5. The second kappa shape index (κ2) is 18.7. The number of ether oxygens (including phenoxy) is 2. The molecule has 3 heterocycles. The summed E-state index contributed by atoms with van der Waals surface area (Å²) in [6.07, 6.45) is 0.634. The molecule has 0 bridgehead atoms. The van der Waals surface area contributed by atoms with Crippen LogP contribution in [0.4, 0.5) is 5.69 Å². The maximum absolute atomic E-state index is 12.9. The maximum atomic E-state index is 12.9. The molecule has 0 unspecified atom stereocenters. The van der Waals surface area contributed by atoms with Crippen LogP contribution in [0.1, 0.15) is 36.3 Å². The fourth-order valence-electron chi connectivity index (χ4n) is 5.37. The Morgan fingerprint density at radius 1 is 0.981 bits per heavy atom. The first-order valence-corrected chi connectivity index (χ1v) is 17.5. The third-order valence-corrected chi connectivity index (χ3v) is 8.16. The van der Waals surface area contributed by atoms with E-state index in [9.17, 15) is 24.3 Å². The van der Waals surface area contributed by atoms with Crippen LogP contribution >= 0.6 is 0 Å². The predicted octanol–water partition coefficient (Wildman–Crippen LogP) is 2.21. The lowest BCUT2D eigenvalue weighted by Gasteiger charge is -2.24. The molecule has 2 aromatic carbocycles. The van der Waals surface area contributed by atoms with E-state index in [0.29, 0.717) is 41.1 Å². The van der Waals surface area contributed by atoms with Gasteiger partial charge in [-0.25, -0.2) is 14.6 Å². The van der Waals surface area contributed by atoms with Gasteiger partial charge in [0.1, 0.15) is 41.4 Å². The number of nitrogens with zero attached hydrogens (tertiary/aromatic N) is 4. The Hall–Kier alpha value is -5.97. The van der Waals surface area contributed by atoms with Crippen molar-refractivity contribution in [3.8, 4) is 17.3 Å². The molecule has 0 aliphatic heterocycles. The quantitative estimate of drug-likeness (QED) is 0.0816. The number of nitrogens with two attached hydrogens (primary N) is 1. The number of carbonyl (C=O) groups is 3. The van der Waals surface area contributed by atoms with E-state index in [2.05, 4.69) is 31.0 Å². The standard InChI is InChI=1S/C38H44N8O8/c1-23(2)19-31(43-37(51)34(48)27(39)20-24-7-5-4-6-8-24)35(49)40-15-16-52-17-18-53-26-10-11-28(41-22-26)36(50)42-25-9-13-32-30(21-25)44-38(54-32)29-12-14-33(47)46(3)45-29/h4-14,21-23,27,31,34,48H,15-20,39H2,1-3H3,(H,40,49)(H,42,50)(H,43,51)/t27-,31+,34+/m1/s1. The van der Waals surface area contributed by atoms with Crippen molar-refractivity contribution in [2.24, 2.45) is 18.7 Å². The summed E-state index contributed by atoms with van der Waals surface area (Å²) in [7, 11) is 1.53. The average Bonchev–Trinajstić information content (AvgIpc) is 3.59. The number of aromatic nitrogens is 4. The largest absolute Gasteiger partial charge is 0.490 e. The number of hydrogen-bond acceptors (Lipinski definition) is 12. The van der Waals surface area contributed by atoms with Crippen molar-refractivity contribution in [3.05, 3.63) is 101 Å². The number of amides is 3. The number of hydrogen-bond donors (Lipinski definition) is 5. The summed E-state index contributed by atoms with van der Waals surface area (Å²) < 4.78 is 18.2. The molecule has 16 heteroatoms. The fraction of sp³-hybridized carbons (Fsp3) is 0.342. The zero-order valence-corrected chi connectivity index (χ0v) is 30.2. The predicted molar refractivity (Wildman–Crippen MR) is 200 cm³/mol. The van der Waals surface area contributed by atoms with Crippen LogP contribution in [-0.4, -0.2) is 87.1 Å². The van der Waals surface area contributed by atoms with Gasteiger partial charge in [-0.2, -0.15) is 5.10 Å². The Balaban J connectivity index is 1.00. The van der Waals surface area contributed by atoms with Crippen LogP contribution in [0.5, 0.6) is 5.75 Å². The molecule has 0 aliphatic carbocycles. The fourth-order valence-corrected chi connectivity index (χ4v) is 5.37. The molecule has 0 saturated heterocycles. The van der Waals surface area contributed by atoms with Gasteiger partial charge in [0.05, 0.1) is 19.4 Å². The summed E-state index contributed by atoms with van der Waals surface area (Å²) in [6.45, 7) is 4.68. The van der Waals surface area contributed by atoms with Crippen LogP contribution in [0, 0.1) is 5.92 Å². The molecule has 0 radical (unpaired) electrons. The molecule has 3 atom stereocenters. The number of rotatable bonds is 18. The molecule has 3 amide bonds. The number of benzene rings is 2. The van der Waals surface area contributed by atoms with Crippen LogP contribution in [0.2, 0.25) is 0 Å². The minimum Gasteiger partial charge on any atom is -0.490 e. The first-order valence-electron chi connectivity index (χ1n) is 17.5. The van der Waals surface area contributed by atoms with Gasteiger partial charge in [-0.3, -0.25) is 19.2 Å². The third-order valence-electron chi connectivity index (χ3n) is 8.16. The molecule has 0 saturated carbocycles. The third kappa shape index (κ3) is 11.0. The summed E-state index contributed by atoms with van der Waals surface area (Å²) in [4.78, 5) is 58.8. The Morgan fingerprint density at radius 3 is 2.50 bits per heavy atom. The Kier molecular flexibility index (Phi) is 13.6. The summed E-state index contributed by atoms with van der Waals surface area (Å²) in [6, 6.07) is 18.7. The Bertz CT molecular complexity index is 2080. The van der Waals surface area contributed by atoms with E-state index in [1.54, 1.807) is 24.3 Å². The molecule has 5 rings (SSSR count). The summed E-state index contributed by atoms with van der Waals surface area (Å²) >= 11 is 0. The monoisotopic (exact) mass is 740 g/mol. The van der Waals surface area contributed by atoms with Gasteiger partial charge in [0.25, 0.3) is 17.4 Å². The van der Waals surface area contributed by atoms with E-state index >= 15 is 0 Å². The molecule has 54 heavy (non-hydrogen) atoms. The van der Waals surface area contributed by atoms with E-state index < -0.39 is 30.0 Å². The maximum Gasteiger partial charge on any atom is 0.274 e. The molecule has 284 valence electrons. The highest BCUT2D eigenvalue weighted by Crippen LogP contribution is 2.25. The Morgan fingerprint density at radius 2 is 1.78 bits per heavy atom. The van der Waals surface area contributed by atoms with Crippen molar-refractivity contribution in [1.82, 2.24) is 30.4 Å². The van der Waals surface area contributed by atoms with E-state index in [4.69, 9.17) is 19.6 Å². The van der Waals surface area contributed by atoms with Gasteiger partial charge in [0.15, 0.2) is 5.58 Å². The normalized spacial score (nSPS) is 12.9. The van der Waals surface area contributed by atoms with Crippen molar-refractivity contribution in [2.75, 3.05) is 31.7 Å². The number of pyridine rings is 1. The number of carbonyl (C=O) groups excluding carboxylic acids is 3. The number of aliphatic hydroxyl groups excluding tert-OH is 1. The van der Waals surface area contributed by atoms with Crippen molar-refractivity contribution >= 4 is 34.5 Å². The lowest BCUT2D eigenvalue weighted by atomic mass is 10.00. The molecule has 0 spiro atoms. The Labute approximate surface area is 311 Å². The summed E-state index contributed by atoms with van der Waals surface area (Å²) in [5, 5.41) is 22.9. The first kappa shape index (κ1) is 39.2. The van der Waals surface area contributed by atoms with Crippen LogP contribution in [0.3, 0.4) is 0 Å². The minimum atomic E-state index is -1.48. The minimum absolute atomic E-state index is 0.103. The number of oxazole rings is 1. The van der Waals surface area contributed by atoms with E-state index in [0.717, 1.165) is 5.56 Å². The van der Waals surface area contributed by atoms with E-state index in [1.165, 1.54) is 36.1 Å².